The molecule has 0 aliphatic carbocycles. The van der Waals surface area contributed by atoms with E-state index in [1.54, 1.807) is 30.3 Å². The lowest BCUT2D eigenvalue weighted by atomic mass is 10.1. The number of carboxylic acids is 1. The van der Waals surface area contributed by atoms with Gasteiger partial charge in [-0.05, 0) is 25.1 Å². The number of aromatic carboxylic acids is 1. The Hall–Kier alpha value is -2.45. The van der Waals surface area contributed by atoms with Crippen LogP contribution in [-0.4, -0.2) is 59.8 Å². The number of carbonyl (C=O) groups excluding carboxylic acids is 1. The highest BCUT2D eigenvalue weighted by atomic mass is 32.1. The molecule has 1 aromatic heterocycles. The fraction of sp³-hybridized carbons (Fsp3) is 0.353. The zero-order valence-electron chi connectivity index (χ0n) is 13.9. The molecule has 25 heavy (non-hydrogen) atoms. The summed E-state index contributed by atoms with van der Waals surface area (Å²) in [5.41, 5.74) is 0.821. The van der Waals surface area contributed by atoms with Crippen LogP contribution in [0.4, 0.5) is 0 Å². The number of benzene rings is 1. The Morgan fingerprint density at radius 1 is 1.48 bits per heavy atom. The Kier molecular flexibility index (Phi) is 5.00. The van der Waals surface area contributed by atoms with E-state index in [4.69, 9.17) is 9.47 Å². The zero-order valence-corrected chi connectivity index (χ0v) is 14.7. The van der Waals surface area contributed by atoms with Crippen molar-refractivity contribution in [1.29, 1.82) is 0 Å². The second kappa shape index (κ2) is 7.20. The van der Waals surface area contributed by atoms with Gasteiger partial charge in [-0.25, -0.2) is 9.78 Å². The van der Waals surface area contributed by atoms with E-state index in [1.165, 1.54) is 17.4 Å². The minimum Gasteiger partial charge on any atom is -0.491 e. The van der Waals surface area contributed by atoms with E-state index in [1.807, 2.05) is 6.92 Å². The van der Waals surface area contributed by atoms with Crippen molar-refractivity contribution in [2.24, 2.45) is 0 Å². The van der Waals surface area contributed by atoms with Crippen molar-refractivity contribution in [3.05, 3.63) is 34.8 Å². The molecule has 0 saturated carbocycles. The Balaban J connectivity index is 1.81. The number of amides is 1. The van der Waals surface area contributed by atoms with Crippen LogP contribution in [0.2, 0.25) is 0 Å². The topological polar surface area (TPSA) is 89.0 Å². The number of likely N-dealkylation sites (N-methyl/N-ethyl adjacent to an activating group) is 1. The van der Waals surface area contributed by atoms with Gasteiger partial charge in [0.05, 0.1) is 18.2 Å². The van der Waals surface area contributed by atoms with E-state index in [2.05, 4.69) is 4.98 Å². The summed E-state index contributed by atoms with van der Waals surface area (Å²) in [6.45, 7) is 2.63. The molecule has 2 heterocycles. The Labute approximate surface area is 148 Å². The van der Waals surface area contributed by atoms with Crippen molar-refractivity contribution in [1.82, 2.24) is 9.88 Å². The molecule has 0 bridgehead atoms. The van der Waals surface area contributed by atoms with Crippen LogP contribution in [0.1, 0.15) is 15.2 Å². The molecular weight excluding hydrogens is 344 g/mol. The number of ether oxygens (including phenoxy) is 2. The van der Waals surface area contributed by atoms with Gasteiger partial charge in [-0.15, -0.1) is 11.3 Å². The summed E-state index contributed by atoms with van der Waals surface area (Å²) in [5.74, 6) is -0.708. The normalized spacial score (nSPS) is 17.6. The van der Waals surface area contributed by atoms with Crippen molar-refractivity contribution < 1.29 is 24.2 Å². The van der Waals surface area contributed by atoms with Crippen molar-refractivity contribution in [2.45, 2.75) is 13.0 Å². The maximum absolute atomic E-state index is 11.7. The molecule has 132 valence electrons. The van der Waals surface area contributed by atoms with Gasteiger partial charge in [-0.1, -0.05) is 0 Å². The van der Waals surface area contributed by atoms with Crippen LogP contribution in [-0.2, 0) is 9.53 Å². The fourth-order valence-corrected chi connectivity index (χ4v) is 3.22. The van der Waals surface area contributed by atoms with Gasteiger partial charge < -0.3 is 19.5 Å². The summed E-state index contributed by atoms with van der Waals surface area (Å²) in [4.78, 5) is 30.0. The standard InChI is InChI=1S/C17H18N2O5S/c1-10-6-18-16(25-10)11-3-12(17(21)22)5-14(4-11)24-8-13-7-23-9-15(20)19(13)2/h3-6,13H,7-9H2,1-2H3,(H,21,22)/t13-/m1/s1. The van der Waals surface area contributed by atoms with E-state index >= 15 is 0 Å². The molecule has 0 unspecified atom stereocenters. The van der Waals surface area contributed by atoms with E-state index in [0.717, 1.165) is 9.88 Å². The Bertz CT molecular complexity index is 804. The van der Waals surface area contributed by atoms with Crippen molar-refractivity contribution in [3.63, 3.8) is 0 Å². The highest BCUT2D eigenvalue weighted by Gasteiger charge is 2.26. The number of carboxylic acid groups (broad SMARTS) is 1. The first-order valence-electron chi connectivity index (χ1n) is 7.71. The molecule has 1 fully saturated rings. The van der Waals surface area contributed by atoms with Gasteiger partial charge in [-0.2, -0.15) is 0 Å². The van der Waals surface area contributed by atoms with Gasteiger partial charge in [0.15, 0.2) is 0 Å². The third kappa shape index (κ3) is 3.97. The SMILES string of the molecule is Cc1cnc(-c2cc(OC[C@H]3COCC(=O)N3C)cc(C(=O)O)c2)s1. The number of thiazole rings is 1. The molecule has 1 aliphatic rings. The molecule has 1 N–H and O–H groups in total. The predicted molar refractivity (Wildman–Crippen MR) is 92.1 cm³/mol. The average Bonchev–Trinajstić information content (AvgIpc) is 3.02. The van der Waals surface area contributed by atoms with Crippen molar-refractivity contribution in [2.75, 3.05) is 26.9 Å². The summed E-state index contributed by atoms with van der Waals surface area (Å²) in [6.07, 6.45) is 1.74. The molecule has 7 nitrogen and oxygen atoms in total. The van der Waals surface area contributed by atoms with E-state index in [0.29, 0.717) is 17.9 Å². The third-order valence-electron chi connectivity index (χ3n) is 3.94. The second-order valence-electron chi connectivity index (χ2n) is 5.81. The van der Waals surface area contributed by atoms with Crippen molar-refractivity contribution >= 4 is 23.2 Å². The van der Waals surface area contributed by atoms with Gasteiger partial charge in [0.25, 0.3) is 0 Å². The van der Waals surface area contributed by atoms with Gasteiger partial charge in [0, 0.05) is 23.7 Å². The number of nitrogens with zero attached hydrogens (tertiary/aromatic N) is 2. The average molecular weight is 362 g/mol. The highest BCUT2D eigenvalue weighted by molar-refractivity contribution is 7.14. The number of hydrogen-bond donors (Lipinski definition) is 1. The molecule has 8 heteroatoms. The number of carbonyl (C=O) groups is 2. The maximum atomic E-state index is 11.7. The van der Waals surface area contributed by atoms with Crippen LogP contribution in [0.15, 0.2) is 24.4 Å². The lowest BCUT2D eigenvalue weighted by Gasteiger charge is -2.32. The summed E-state index contributed by atoms with van der Waals surface area (Å²) in [6, 6.07) is 4.60. The molecule has 3 rings (SSSR count). The number of hydrogen-bond acceptors (Lipinski definition) is 6. The van der Waals surface area contributed by atoms with E-state index in [-0.39, 0.29) is 30.7 Å². The molecule has 1 aromatic carbocycles. The first-order valence-corrected chi connectivity index (χ1v) is 8.53. The van der Waals surface area contributed by atoms with E-state index in [9.17, 15) is 14.7 Å². The molecular formula is C17H18N2O5S. The summed E-state index contributed by atoms with van der Waals surface area (Å²) in [7, 11) is 1.70. The van der Waals surface area contributed by atoms with Crippen LogP contribution >= 0.6 is 11.3 Å². The molecule has 1 aliphatic heterocycles. The smallest absolute Gasteiger partial charge is 0.335 e. The van der Waals surface area contributed by atoms with Gasteiger partial charge in [0.2, 0.25) is 5.91 Å². The lowest BCUT2D eigenvalue weighted by molar-refractivity contribution is -0.147. The molecule has 0 spiro atoms. The largest absolute Gasteiger partial charge is 0.491 e. The number of aromatic nitrogens is 1. The molecule has 1 saturated heterocycles. The zero-order chi connectivity index (χ0) is 18.0. The monoisotopic (exact) mass is 362 g/mol. The second-order valence-corrected chi connectivity index (χ2v) is 7.05. The minimum atomic E-state index is -1.03. The van der Waals surface area contributed by atoms with E-state index < -0.39 is 5.97 Å². The van der Waals surface area contributed by atoms with Gasteiger partial charge in [0.1, 0.15) is 24.0 Å². The van der Waals surface area contributed by atoms with Crippen LogP contribution < -0.4 is 4.74 Å². The van der Waals surface area contributed by atoms with Crippen LogP contribution in [0.3, 0.4) is 0 Å². The third-order valence-corrected chi connectivity index (χ3v) is 4.90. The molecule has 1 amide bonds. The quantitative estimate of drug-likeness (QED) is 0.876. The van der Waals surface area contributed by atoms with Crippen LogP contribution in [0.5, 0.6) is 5.75 Å². The predicted octanol–water partition coefficient (Wildman–Crippen LogP) is 2.05. The Morgan fingerprint density at radius 3 is 2.96 bits per heavy atom. The molecule has 1 atom stereocenters. The summed E-state index contributed by atoms with van der Waals surface area (Å²) >= 11 is 1.48. The van der Waals surface area contributed by atoms with Crippen LogP contribution in [0, 0.1) is 6.92 Å². The summed E-state index contributed by atoms with van der Waals surface area (Å²) < 4.78 is 11.0. The van der Waals surface area contributed by atoms with Gasteiger partial charge in [-0.3, -0.25) is 4.79 Å². The number of aryl methyl sites for hydroxylation is 1. The lowest BCUT2D eigenvalue weighted by Crippen LogP contribution is -2.49. The number of rotatable bonds is 5. The highest BCUT2D eigenvalue weighted by Crippen LogP contribution is 2.29. The first kappa shape index (κ1) is 17.4. The number of morpholine rings is 1. The van der Waals surface area contributed by atoms with Crippen molar-refractivity contribution in [3.8, 4) is 16.3 Å². The fourth-order valence-electron chi connectivity index (χ4n) is 2.47. The maximum Gasteiger partial charge on any atom is 0.335 e. The molecule has 2 aromatic rings. The molecule has 0 radical (unpaired) electrons. The first-order chi connectivity index (χ1) is 11.9. The van der Waals surface area contributed by atoms with Gasteiger partial charge >= 0.3 is 5.97 Å². The minimum absolute atomic E-state index is 0.0784. The van der Waals surface area contributed by atoms with Crippen LogP contribution in [0.25, 0.3) is 10.6 Å². The Morgan fingerprint density at radius 2 is 2.28 bits per heavy atom. The summed E-state index contributed by atoms with van der Waals surface area (Å²) in [5, 5.41) is 10.1.